The van der Waals surface area contributed by atoms with Crippen molar-refractivity contribution in [1.82, 2.24) is 0 Å². The lowest BCUT2D eigenvalue weighted by atomic mass is 9.81. The van der Waals surface area contributed by atoms with E-state index in [1.165, 1.54) is 32.1 Å². The zero-order valence-electron chi connectivity index (χ0n) is 11.5. The van der Waals surface area contributed by atoms with E-state index in [1.807, 2.05) is 12.1 Å². The SMILES string of the molecule is CCC1CCC(CNc2cccc(Cl)c2C#N)CC1. The van der Waals surface area contributed by atoms with Crippen LogP contribution in [0.4, 0.5) is 5.69 Å². The Morgan fingerprint density at radius 3 is 2.58 bits per heavy atom. The molecule has 1 aromatic rings. The predicted molar refractivity (Wildman–Crippen MR) is 80.4 cm³/mol. The van der Waals surface area contributed by atoms with Crippen LogP contribution in [0.1, 0.15) is 44.6 Å². The van der Waals surface area contributed by atoms with Crippen molar-refractivity contribution < 1.29 is 0 Å². The Bertz CT molecular complexity index is 456. The van der Waals surface area contributed by atoms with E-state index in [4.69, 9.17) is 16.9 Å². The van der Waals surface area contributed by atoms with Crippen LogP contribution in [0, 0.1) is 23.2 Å². The van der Waals surface area contributed by atoms with Crippen LogP contribution in [-0.4, -0.2) is 6.54 Å². The number of hydrogen-bond acceptors (Lipinski definition) is 2. The smallest absolute Gasteiger partial charge is 0.103 e. The van der Waals surface area contributed by atoms with Gasteiger partial charge in [0.15, 0.2) is 0 Å². The van der Waals surface area contributed by atoms with Crippen LogP contribution in [0.15, 0.2) is 18.2 Å². The van der Waals surface area contributed by atoms with Crippen molar-refractivity contribution in [2.45, 2.75) is 39.0 Å². The largest absolute Gasteiger partial charge is 0.384 e. The summed E-state index contributed by atoms with van der Waals surface area (Å²) >= 11 is 6.03. The average Bonchev–Trinajstić information content (AvgIpc) is 2.45. The standard InChI is InChI=1S/C16H21ClN2/c1-2-12-6-8-13(9-7-12)11-19-16-5-3-4-15(17)14(16)10-18/h3-5,12-13,19H,2,6-9,11H2,1H3. The van der Waals surface area contributed by atoms with Gasteiger partial charge in [0, 0.05) is 6.54 Å². The van der Waals surface area contributed by atoms with Crippen molar-refractivity contribution in [3.05, 3.63) is 28.8 Å². The van der Waals surface area contributed by atoms with Crippen LogP contribution >= 0.6 is 11.6 Å². The molecule has 0 aliphatic heterocycles. The molecular formula is C16H21ClN2. The fraction of sp³-hybridized carbons (Fsp3) is 0.562. The number of anilines is 1. The molecular weight excluding hydrogens is 256 g/mol. The molecule has 1 aliphatic carbocycles. The monoisotopic (exact) mass is 276 g/mol. The lowest BCUT2D eigenvalue weighted by Gasteiger charge is -2.28. The van der Waals surface area contributed by atoms with Gasteiger partial charge in [-0.25, -0.2) is 0 Å². The molecule has 1 saturated carbocycles. The third kappa shape index (κ3) is 3.64. The van der Waals surface area contributed by atoms with Gasteiger partial charge < -0.3 is 5.32 Å². The molecule has 0 bridgehead atoms. The summed E-state index contributed by atoms with van der Waals surface area (Å²) < 4.78 is 0. The van der Waals surface area contributed by atoms with Gasteiger partial charge in [0.2, 0.25) is 0 Å². The molecule has 0 saturated heterocycles. The molecule has 1 N–H and O–H groups in total. The molecule has 0 unspecified atom stereocenters. The summed E-state index contributed by atoms with van der Waals surface area (Å²) in [4.78, 5) is 0. The molecule has 2 rings (SSSR count). The topological polar surface area (TPSA) is 35.8 Å². The van der Waals surface area contributed by atoms with E-state index in [0.29, 0.717) is 10.6 Å². The first-order valence-corrected chi connectivity index (χ1v) is 7.54. The van der Waals surface area contributed by atoms with Crippen molar-refractivity contribution in [1.29, 1.82) is 5.26 Å². The molecule has 2 nitrogen and oxygen atoms in total. The van der Waals surface area contributed by atoms with Crippen LogP contribution in [0.2, 0.25) is 5.02 Å². The molecule has 0 heterocycles. The maximum absolute atomic E-state index is 9.13. The second-order valence-electron chi connectivity index (χ2n) is 5.45. The maximum atomic E-state index is 9.13. The van der Waals surface area contributed by atoms with Crippen LogP contribution < -0.4 is 5.32 Å². The molecule has 102 valence electrons. The van der Waals surface area contributed by atoms with Crippen molar-refractivity contribution in [2.24, 2.45) is 11.8 Å². The number of rotatable bonds is 4. The maximum Gasteiger partial charge on any atom is 0.103 e. The van der Waals surface area contributed by atoms with E-state index in [2.05, 4.69) is 18.3 Å². The third-order valence-electron chi connectivity index (χ3n) is 4.25. The molecule has 1 aliphatic rings. The van der Waals surface area contributed by atoms with E-state index in [0.717, 1.165) is 24.1 Å². The van der Waals surface area contributed by atoms with E-state index in [9.17, 15) is 0 Å². The number of nitriles is 1. The fourth-order valence-corrected chi connectivity index (χ4v) is 3.10. The summed E-state index contributed by atoms with van der Waals surface area (Å²) in [5.41, 5.74) is 1.43. The van der Waals surface area contributed by atoms with Crippen LogP contribution in [0.3, 0.4) is 0 Å². The summed E-state index contributed by atoms with van der Waals surface area (Å²) in [6, 6.07) is 7.76. The van der Waals surface area contributed by atoms with Gasteiger partial charge in [0.1, 0.15) is 6.07 Å². The first kappa shape index (κ1) is 14.2. The Morgan fingerprint density at radius 2 is 1.95 bits per heavy atom. The van der Waals surface area contributed by atoms with Gasteiger partial charge in [-0.15, -0.1) is 0 Å². The van der Waals surface area contributed by atoms with Crippen LogP contribution in [-0.2, 0) is 0 Å². The van der Waals surface area contributed by atoms with Crippen LogP contribution in [0.5, 0.6) is 0 Å². The van der Waals surface area contributed by atoms with Crippen LogP contribution in [0.25, 0.3) is 0 Å². The fourth-order valence-electron chi connectivity index (χ4n) is 2.88. The van der Waals surface area contributed by atoms with Crippen molar-refractivity contribution in [2.75, 3.05) is 11.9 Å². The molecule has 0 radical (unpaired) electrons. The van der Waals surface area contributed by atoms with Gasteiger partial charge in [0.25, 0.3) is 0 Å². The number of nitrogens with one attached hydrogen (secondary N) is 1. The molecule has 3 heteroatoms. The minimum absolute atomic E-state index is 0.530. The summed E-state index contributed by atoms with van der Waals surface area (Å²) in [5.74, 6) is 1.66. The highest BCUT2D eigenvalue weighted by atomic mass is 35.5. The minimum atomic E-state index is 0.530. The first-order valence-electron chi connectivity index (χ1n) is 7.17. The van der Waals surface area contributed by atoms with Gasteiger partial charge in [-0.05, 0) is 36.8 Å². The summed E-state index contributed by atoms with van der Waals surface area (Å²) in [6.07, 6.45) is 6.61. The van der Waals surface area contributed by atoms with Crippen molar-refractivity contribution in [3.63, 3.8) is 0 Å². The molecule has 0 aromatic heterocycles. The molecule has 0 atom stereocenters. The molecule has 0 amide bonds. The number of halogens is 1. The highest BCUT2D eigenvalue weighted by molar-refractivity contribution is 6.32. The quantitative estimate of drug-likeness (QED) is 0.854. The predicted octanol–water partition coefficient (Wildman–Crippen LogP) is 4.84. The summed E-state index contributed by atoms with van der Waals surface area (Å²) in [5, 5.41) is 13.1. The molecule has 1 aromatic carbocycles. The Labute approximate surface area is 120 Å². The second-order valence-corrected chi connectivity index (χ2v) is 5.86. The van der Waals surface area contributed by atoms with E-state index in [-0.39, 0.29) is 0 Å². The summed E-state index contributed by atoms with van der Waals surface area (Å²) in [7, 11) is 0. The van der Waals surface area contributed by atoms with E-state index >= 15 is 0 Å². The van der Waals surface area contributed by atoms with Crippen molar-refractivity contribution in [3.8, 4) is 6.07 Å². The highest BCUT2D eigenvalue weighted by Crippen LogP contribution is 2.31. The van der Waals surface area contributed by atoms with Gasteiger partial charge >= 0.3 is 0 Å². The van der Waals surface area contributed by atoms with E-state index < -0.39 is 0 Å². The van der Waals surface area contributed by atoms with Gasteiger partial charge in [-0.3, -0.25) is 0 Å². The summed E-state index contributed by atoms with van der Waals surface area (Å²) in [6.45, 7) is 3.24. The molecule has 1 fully saturated rings. The lowest BCUT2D eigenvalue weighted by molar-refractivity contribution is 0.278. The Hall–Kier alpha value is -1.20. The average molecular weight is 277 g/mol. The Balaban J connectivity index is 1.90. The molecule has 19 heavy (non-hydrogen) atoms. The number of benzene rings is 1. The lowest BCUT2D eigenvalue weighted by Crippen LogP contribution is -2.21. The zero-order chi connectivity index (χ0) is 13.7. The first-order chi connectivity index (χ1) is 9.24. The second kappa shape index (κ2) is 6.82. The Morgan fingerprint density at radius 1 is 1.26 bits per heavy atom. The minimum Gasteiger partial charge on any atom is -0.384 e. The van der Waals surface area contributed by atoms with Gasteiger partial charge in [-0.2, -0.15) is 5.26 Å². The zero-order valence-corrected chi connectivity index (χ0v) is 12.2. The van der Waals surface area contributed by atoms with Crippen molar-refractivity contribution >= 4 is 17.3 Å². The highest BCUT2D eigenvalue weighted by Gasteiger charge is 2.20. The number of hydrogen-bond donors (Lipinski definition) is 1. The van der Waals surface area contributed by atoms with Gasteiger partial charge in [-0.1, -0.05) is 43.9 Å². The number of nitrogens with zero attached hydrogens (tertiary/aromatic N) is 1. The van der Waals surface area contributed by atoms with Gasteiger partial charge in [0.05, 0.1) is 16.3 Å². The normalized spacial score (nSPS) is 22.8. The third-order valence-corrected chi connectivity index (χ3v) is 4.57. The Kier molecular flexibility index (Phi) is 5.10. The van der Waals surface area contributed by atoms with E-state index in [1.54, 1.807) is 6.07 Å². The molecule has 0 spiro atoms.